The van der Waals surface area contributed by atoms with E-state index in [0.29, 0.717) is 17.0 Å². The van der Waals surface area contributed by atoms with E-state index in [2.05, 4.69) is 4.98 Å². The van der Waals surface area contributed by atoms with E-state index in [-0.39, 0.29) is 18.6 Å². The number of thiazole rings is 1. The first-order chi connectivity index (χ1) is 11.0. The maximum absolute atomic E-state index is 12.3. The minimum Gasteiger partial charge on any atom is -0.461 e. The predicted molar refractivity (Wildman–Crippen MR) is 85.9 cm³/mol. The summed E-state index contributed by atoms with van der Waals surface area (Å²) >= 11 is 1.28. The van der Waals surface area contributed by atoms with Crippen molar-refractivity contribution >= 4 is 17.3 Å². The summed E-state index contributed by atoms with van der Waals surface area (Å²) in [6.45, 7) is 3.00. The van der Waals surface area contributed by atoms with Crippen LogP contribution in [0.2, 0.25) is 0 Å². The molecule has 0 N–H and O–H groups in total. The molecule has 0 amide bonds. The minimum absolute atomic E-state index is 0.0306. The first kappa shape index (κ1) is 17.3. The van der Waals surface area contributed by atoms with E-state index in [9.17, 15) is 13.6 Å². The van der Waals surface area contributed by atoms with Crippen LogP contribution in [0.5, 0.6) is 0 Å². The number of esters is 1. The average Bonchev–Trinajstić information content (AvgIpc) is 2.88. The molecule has 23 heavy (non-hydrogen) atoms. The third-order valence-corrected chi connectivity index (χ3v) is 4.39. The lowest BCUT2D eigenvalue weighted by Gasteiger charge is -2.03. The Kier molecular flexibility index (Phi) is 5.98. The van der Waals surface area contributed by atoms with Crippen molar-refractivity contribution in [2.45, 2.75) is 26.7 Å². The fourth-order valence-corrected chi connectivity index (χ4v) is 2.94. The van der Waals surface area contributed by atoms with Crippen molar-refractivity contribution in [3.63, 3.8) is 0 Å². The van der Waals surface area contributed by atoms with Crippen molar-refractivity contribution in [3.05, 3.63) is 63.1 Å². The van der Waals surface area contributed by atoms with Gasteiger partial charge in [0.25, 0.3) is 6.08 Å². The molecule has 2 aromatic rings. The molecule has 1 aromatic heterocycles. The Labute approximate surface area is 137 Å². The first-order valence-electron chi connectivity index (χ1n) is 7.15. The van der Waals surface area contributed by atoms with Gasteiger partial charge in [0.2, 0.25) is 0 Å². The van der Waals surface area contributed by atoms with Gasteiger partial charge in [0.1, 0.15) is 4.88 Å². The van der Waals surface area contributed by atoms with Gasteiger partial charge in [-0.3, -0.25) is 0 Å². The Hall–Kier alpha value is -2.08. The van der Waals surface area contributed by atoms with E-state index in [4.69, 9.17) is 4.74 Å². The molecule has 2 rings (SSSR count). The van der Waals surface area contributed by atoms with Gasteiger partial charge in [-0.05, 0) is 25.0 Å². The van der Waals surface area contributed by atoms with Crippen molar-refractivity contribution in [1.29, 1.82) is 0 Å². The number of halogens is 2. The van der Waals surface area contributed by atoms with Crippen molar-refractivity contribution in [2.24, 2.45) is 0 Å². The molecule has 6 heteroatoms. The highest BCUT2D eigenvalue weighted by molar-refractivity contribution is 7.13. The number of aromatic nitrogens is 1. The lowest BCUT2D eigenvalue weighted by molar-refractivity contribution is 0.0512. The maximum atomic E-state index is 12.3. The lowest BCUT2D eigenvalue weighted by atomic mass is 10.2. The normalized spacial score (nSPS) is 10.4. The van der Waals surface area contributed by atoms with Gasteiger partial charge in [0.05, 0.1) is 17.3 Å². The molecule has 0 atom stereocenters. The molecular weight excluding hydrogens is 320 g/mol. The van der Waals surface area contributed by atoms with Crippen LogP contribution in [0.1, 0.15) is 39.3 Å². The molecule has 0 aliphatic rings. The highest BCUT2D eigenvalue weighted by Crippen LogP contribution is 2.22. The number of benzene rings is 1. The van der Waals surface area contributed by atoms with Crippen LogP contribution in [-0.4, -0.2) is 17.6 Å². The molecule has 0 spiro atoms. The zero-order valence-corrected chi connectivity index (χ0v) is 13.8. The van der Waals surface area contributed by atoms with Crippen molar-refractivity contribution in [3.8, 4) is 0 Å². The smallest absolute Gasteiger partial charge is 0.350 e. The Balaban J connectivity index is 1.97. The van der Waals surface area contributed by atoms with Gasteiger partial charge in [-0.1, -0.05) is 30.3 Å². The fourth-order valence-electron chi connectivity index (χ4n) is 1.94. The molecule has 0 aliphatic carbocycles. The van der Waals surface area contributed by atoms with Crippen LogP contribution in [0.25, 0.3) is 0 Å². The molecule has 0 bridgehead atoms. The monoisotopic (exact) mass is 337 g/mol. The molecular formula is C17H17F2NO2S. The summed E-state index contributed by atoms with van der Waals surface area (Å²) in [5.41, 5.74) is 1.65. The Morgan fingerprint density at radius 2 is 1.96 bits per heavy atom. The number of carbonyl (C=O) groups excluding carboxylic acids is 1. The maximum Gasteiger partial charge on any atom is 0.350 e. The number of hydrogen-bond donors (Lipinski definition) is 0. The summed E-state index contributed by atoms with van der Waals surface area (Å²) in [5.74, 6) is -0.508. The molecule has 0 radical (unpaired) electrons. The second-order valence-electron chi connectivity index (χ2n) is 5.11. The van der Waals surface area contributed by atoms with Gasteiger partial charge < -0.3 is 4.74 Å². The molecule has 1 heterocycles. The lowest BCUT2D eigenvalue weighted by Crippen LogP contribution is -2.06. The zero-order chi connectivity index (χ0) is 16.8. The molecule has 1 aromatic carbocycles. The Morgan fingerprint density at radius 3 is 2.61 bits per heavy atom. The summed E-state index contributed by atoms with van der Waals surface area (Å²) in [4.78, 5) is 16.8. The molecule has 0 fully saturated rings. The van der Waals surface area contributed by atoms with Gasteiger partial charge >= 0.3 is 5.97 Å². The van der Waals surface area contributed by atoms with E-state index in [0.717, 1.165) is 10.6 Å². The number of ether oxygens (including phenoxy) is 1. The van der Waals surface area contributed by atoms with Crippen LogP contribution in [0, 0.1) is 6.92 Å². The van der Waals surface area contributed by atoms with Gasteiger partial charge in [-0.15, -0.1) is 11.3 Å². The Bertz CT molecular complexity index is 707. The van der Waals surface area contributed by atoms with E-state index in [1.165, 1.54) is 18.3 Å². The molecule has 0 saturated carbocycles. The quantitative estimate of drug-likeness (QED) is 0.714. The molecule has 0 unspecified atom stereocenters. The SMILES string of the molecule is CC(CCOC(=O)c1sc(Cc2ccccc2)nc1C)=C(F)F. The summed E-state index contributed by atoms with van der Waals surface area (Å²) in [7, 11) is 0. The number of carbonyl (C=O) groups is 1. The first-order valence-corrected chi connectivity index (χ1v) is 7.97. The third-order valence-electron chi connectivity index (χ3n) is 3.26. The fraction of sp³-hybridized carbons (Fsp3) is 0.294. The topological polar surface area (TPSA) is 39.2 Å². The Morgan fingerprint density at radius 1 is 1.26 bits per heavy atom. The van der Waals surface area contributed by atoms with Crippen LogP contribution in [0.3, 0.4) is 0 Å². The summed E-state index contributed by atoms with van der Waals surface area (Å²) in [6, 6.07) is 9.83. The highest BCUT2D eigenvalue weighted by atomic mass is 32.1. The van der Waals surface area contributed by atoms with Crippen molar-refractivity contribution < 1.29 is 18.3 Å². The predicted octanol–water partition coefficient (Wildman–Crippen LogP) is 4.76. The number of nitrogens with zero attached hydrogens (tertiary/aromatic N) is 1. The highest BCUT2D eigenvalue weighted by Gasteiger charge is 2.17. The van der Waals surface area contributed by atoms with Gasteiger partial charge in [0.15, 0.2) is 0 Å². The summed E-state index contributed by atoms with van der Waals surface area (Å²) < 4.78 is 29.6. The molecule has 122 valence electrons. The third kappa shape index (κ3) is 4.96. The van der Waals surface area contributed by atoms with Crippen LogP contribution in [0.15, 0.2) is 42.0 Å². The second kappa shape index (κ2) is 7.97. The number of aryl methyl sites for hydroxylation is 1. The van der Waals surface area contributed by atoms with Gasteiger partial charge in [-0.25, -0.2) is 9.78 Å². The molecule has 0 saturated heterocycles. The van der Waals surface area contributed by atoms with E-state index >= 15 is 0 Å². The van der Waals surface area contributed by atoms with Crippen molar-refractivity contribution in [1.82, 2.24) is 4.98 Å². The van der Waals surface area contributed by atoms with Crippen LogP contribution >= 0.6 is 11.3 Å². The number of hydrogen-bond acceptors (Lipinski definition) is 4. The van der Waals surface area contributed by atoms with Crippen LogP contribution in [0.4, 0.5) is 8.78 Å². The van der Waals surface area contributed by atoms with Gasteiger partial charge in [-0.2, -0.15) is 8.78 Å². The molecule has 0 aliphatic heterocycles. The standard InChI is InChI=1S/C17H17F2NO2S/c1-11(16(18)19)8-9-22-17(21)15-12(2)20-14(23-15)10-13-6-4-3-5-7-13/h3-7H,8-10H2,1-2H3. The van der Waals surface area contributed by atoms with E-state index < -0.39 is 12.0 Å². The van der Waals surface area contributed by atoms with Crippen molar-refractivity contribution in [2.75, 3.05) is 6.61 Å². The largest absolute Gasteiger partial charge is 0.461 e. The number of rotatable bonds is 6. The average molecular weight is 337 g/mol. The second-order valence-corrected chi connectivity index (χ2v) is 6.19. The summed E-state index contributed by atoms with van der Waals surface area (Å²) in [5, 5.41) is 0.825. The van der Waals surface area contributed by atoms with Crippen LogP contribution < -0.4 is 0 Å². The van der Waals surface area contributed by atoms with Gasteiger partial charge in [0, 0.05) is 12.8 Å². The minimum atomic E-state index is -1.72. The van der Waals surface area contributed by atoms with E-state index in [1.807, 2.05) is 30.3 Å². The molecule has 3 nitrogen and oxygen atoms in total. The zero-order valence-electron chi connectivity index (χ0n) is 12.9. The van der Waals surface area contributed by atoms with E-state index in [1.54, 1.807) is 6.92 Å². The van der Waals surface area contributed by atoms with Crippen LogP contribution in [-0.2, 0) is 11.2 Å². The summed E-state index contributed by atoms with van der Waals surface area (Å²) in [6.07, 6.45) is -1.04.